The molecule has 0 unspecified atom stereocenters. The number of nitrogens with one attached hydrogen (secondary N) is 1. The van der Waals surface area contributed by atoms with Crippen LogP contribution in [0.3, 0.4) is 0 Å². The molecule has 4 aromatic rings. The fourth-order valence-corrected chi connectivity index (χ4v) is 3.69. The van der Waals surface area contributed by atoms with Gasteiger partial charge in [0.15, 0.2) is 0 Å². The Labute approximate surface area is 171 Å². The highest BCUT2D eigenvalue weighted by molar-refractivity contribution is 5.79. The van der Waals surface area contributed by atoms with Gasteiger partial charge in [-0.25, -0.2) is 4.98 Å². The third-order valence-electron chi connectivity index (χ3n) is 5.25. The van der Waals surface area contributed by atoms with Gasteiger partial charge in [-0.2, -0.15) is 0 Å². The maximum atomic E-state index is 12.6. The lowest BCUT2D eigenvalue weighted by atomic mass is 10.1. The lowest BCUT2D eigenvalue weighted by Crippen LogP contribution is -2.30. The van der Waals surface area contributed by atoms with E-state index in [1.165, 1.54) is 11.1 Å². The monoisotopic (exact) mass is 383 g/mol. The van der Waals surface area contributed by atoms with Crippen LogP contribution in [0.2, 0.25) is 0 Å². The number of hydrogen-bond donors (Lipinski definition) is 1. The predicted octanol–water partition coefficient (Wildman–Crippen LogP) is 4.81. The summed E-state index contributed by atoms with van der Waals surface area (Å²) in [5.74, 6) is 0.870. The Morgan fingerprint density at radius 2 is 1.66 bits per heavy atom. The molecule has 0 saturated carbocycles. The van der Waals surface area contributed by atoms with Crippen molar-refractivity contribution in [1.82, 2.24) is 14.9 Å². The molecular weight excluding hydrogens is 358 g/mol. The molecule has 3 aromatic carbocycles. The number of imidazole rings is 1. The van der Waals surface area contributed by atoms with Crippen molar-refractivity contribution in [3.05, 3.63) is 101 Å². The van der Waals surface area contributed by atoms with Crippen LogP contribution in [0.5, 0.6) is 0 Å². The van der Waals surface area contributed by atoms with E-state index in [1.54, 1.807) is 0 Å². The van der Waals surface area contributed by atoms with Gasteiger partial charge in [-0.15, -0.1) is 0 Å². The van der Waals surface area contributed by atoms with Gasteiger partial charge in [-0.1, -0.05) is 66.7 Å². The van der Waals surface area contributed by atoms with Gasteiger partial charge in [-0.05, 0) is 42.7 Å². The smallest absolute Gasteiger partial charge is 0.224 e. The van der Waals surface area contributed by atoms with Crippen LogP contribution in [0.4, 0.5) is 0 Å². The third-order valence-corrected chi connectivity index (χ3v) is 5.25. The first-order valence-corrected chi connectivity index (χ1v) is 9.95. The van der Waals surface area contributed by atoms with E-state index in [1.807, 2.05) is 55.5 Å². The van der Waals surface area contributed by atoms with E-state index in [0.29, 0.717) is 6.42 Å². The van der Waals surface area contributed by atoms with Crippen LogP contribution in [0.25, 0.3) is 11.0 Å². The first kappa shape index (κ1) is 18.9. The van der Waals surface area contributed by atoms with Crippen molar-refractivity contribution in [2.45, 2.75) is 32.9 Å². The van der Waals surface area contributed by atoms with E-state index in [4.69, 9.17) is 4.98 Å². The van der Waals surface area contributed by atoms with Crippen molar-refractivity contribution in [3.63, 3.8) is 0 Å². The van der Waals surface area contributed by atoms with E-state index >= 15 is 0 Å². The molecule has 1 aromatic heterocycles. The summed E-state index contributed by atoms with van der Waals surface area (Å²) < 4.78 is 2.21. The highest BCUT2D eigenvalue weighted by Crippen LogP contribution is 2.23. The van der Waals surface area contributed by atoms with Crippen molar-refractivity contribution in [1.29, 1.82) is 0 Å². The Kier molecular flexibility index (Phi) is 5.43. The summed E-state index contributed by atoms with van der Waals surface area (Å²) in [4.78, 5) is 17.4. The van der Waals surface area contributed by atoms with Crippen molar-refractivity contribution >= 4 is 16.9 Å². The number of aromatic nitrogens is 2. The molecule has 4 nitrogen and oxygen atoms in total. The van der Waals surface area contributed by atoms with Gasteiger partial charge in [0.05, 0.1) is 23.5 Å². The zero-order valence-electron chi connectivity index (χ0n) is 16.8. The summed E-state index contributed by atoms with van der Waals surface area (Å²) in [6, 6.07) is 26.1. The maximum absolute atomic E-state index is 12.6. The second-order valence-electron chi connectivity index (χ2n) is 7.42. The Balaban J connectivity index is 1.62. The molecule has 1 N–H and O–H groups in total. The average molecular weight is 383 g/mol. The molecule has 0 aliphatic rings. The molecule has 4 rings (SSSR count). The molecular formula is C25H25N3O. The lowest BCUT2D eigenvalue weighted by molar-refractivity contribution is -0.121. The van der Waals surface area contributed by atoms with Crippen molar-refractivity contribution in [2.24, 2.45) is 0 Å². The van der Waals surface area contributed by atoms with Crippen molar-refractivity contribution in [3.8, 4) is 0 Å². The van der Waals surface area contributed by atoms with Crippen molar-refractivity contribution in [2.75, 3.05) is 0 Å². The average Bonchev–Trinajstić information content (AvgIpc) is 3.09. The van der Waals surface area contributed by atoms with Gasteiger partial charge in [0.2, 0.25) is 5.91 Å². The zero-order chi connectivity index (χ0) is 20.2. The van der Waals surface area contributed by atoms with Crippen LogP contribution in [-0.2, 0) is 17.8 Å². The van der Waals surface area contributed by atoms with E-state index < -0.39 is 0 Å². The zero-order valence-corrected chi connectivity index (χ0v) is 16.8. The molecule has 4 heteroatoms. The highest BCUT2D eigenvalue weighted by Gasteiger charge is 2.19. The number of amides is 1. The molecule has 0 fully saturated rings. The molecule has 146 valence electrons. The minimum absolute atomic E-state index is 0.00167. The van der Waals surface area contributed by atoms with Gasteiger partial charge in [-0.3, -0.25) is 4.79 Å². The first-order chi connectivity index (χ1) is 14.1. The molecule has 0 saturated heterocycles. The van der Waals surface area contributed by atoms with E-state index in [-0.39, 0.29) is 11.9 Å². The summed E-state index contributed by atoms with van der Waals surface area (Å²) in [7, 11) is 0. The number of para-hydroxylation sites is 2. The Bertz CT molecular complexity index is 1130. The summed E-state index contributed by atoms with van der Waals surface area (Å²) >= 11 is 0. The minimum Gasteiger partial charge on any atom is -0.346 e. The molecule has 1 amide bonds. The quantitative estimate of drug-likeness (QED) is 0.519. The number of aryl methyl sites for hydroxylation is 1. The molecule has 1 heterocycles. The number of carbonyl (C=O) groups excluding carboxylic acids is 1. The Morgan fingerprint density at radius 3 is 2.45 bits per heavy atom. The topological polar surface area (TPSA) is 46.9 Å². The molecule has 0 radical (unpaired) electrons. The first-order valence-electron chi connectivity index (χ1n) is 9.95. The molecule has 0 bridgehead atoms. The second-order valence-corrected chi connectivity index (χ2v) is 7.42. The largest absolute Gasteiger partial charge is 0.346 e. The number of rotatable bonds is 6. The SMILES string of the molecule is Cc1ccccc1Cn1c([C@@H](C)NC(=O)Cc2ccccc2)nc2ccccc21. The van der Waals surface area contributed by atoms with Crippen LogP contribution in [0, 0.1) is 6.92 Å². The van der Waals surface area contributed by atoms with Crippen LogP contribution in [0.1, 0.15) is 35.5 Å². The van der Waals surface area contributed by atoms with E-state index in [9.17, 15) is 4.79 Å². The number of carbonyl (C=O) groups is 1. The van der Waals surface area contributed by atoms with Gasteiger partial charge >= 0.3 is 0 Å². The van der Waals surface area contributed by atoms with Gasteiger partial charge in [0, 0.05) is 6.54 Å². The summed E-state index contributed by atoms with van der Waals surface area (Å²) in [5.41, 5.74) is 5.53. The second kappa shape index (κ2) is 8.31. The van der Waals surface area contributed by atoms with Crippen LogP contribution >= 0.6 is 0 Å². The number of nitrogens with zero attached hydrogens (tertiary/aromatic N) is 2. The third kappa shape index (κ3) is 4.21. The summed E-state index contributed by atoms with van der Waals surface area (Å²) in [5, 5.41) is 3.12. The fraction of sp³-hybridized carbons (Fsp3) is 0.200. The van der Waals surface area contributed by atoms with Gasteiger partial charge in [0.25, 0.3) is 0 Å². The van der Waals surface area contributed by atoms with Crippen LogP contribution in [-0.4, -0.2) is 15.5 Å². The molecule has 0 aliphatic carbocycles. The predicted molar refractivity (Wildman–Crippen MR) is 117 cm³/mol. The van der Waals surface area contributed by atoms with Gasteiger partial charge < -0.3 is 9.88 Å². The van der Waals surface area contributed by atoms with E-state index in [0.717, 1.165) is 29.0 Å². The lowest BCUT2D eigenvalue weighted by Gasteiger charge is -2.17. The van der Waals surface area contributed by atoms with Crippen LogP contribution in [0.15, 0.2) is 78.9 Å². The van der Waals surface area contributed by atoms with Crippen molar-refractivity contribution < 1.29 is 4.79 Å². The normalized spacial score (nSPS) is 12.1. The van der Waals surface area contributed by atoms with Crippen LogP contribution < -0.4 is 5.32 Å². The number of fused-ring (bicyclic) bond motifs is 1. The van der Waals surface area contributed by atoms with E-state index in [2.05, 4.69) is 47.1 Å². The molecule has 29 heavy (non-hydrogen) atoms. The molecule has 0 spiro atoms. The maximum Gasteiger partial charge on any atom is 0.224 e. The number of benzene rings is 3. The standard InChI is InChI=1S/C25H25N3O/c1-18-10-6-7-13-21(18)17-28-23-15-9-8-14-22(23)27-25(28)19(2)26-24(29)16-20-11-4-3-5-12-20/h3-15,19H,16-17H2,1-2H3,(H,26,29)/t19-/m1/s1. The fourth-order valence-electron chi connectivity index (χ4n) is 3.69. The summed E-state index contributed by atoms with van der Waals surface area (Å²) in [6.07, 6.45) is 0.364. The Morgan fingerprint density at radius 1 is 0.966 bits per heavy atom. The summed E-state index contributed by atoms with van der Waals surface area (Å²) in [6.45, 7) is 4.85. The highest BCUT2D eigenvalue weighted by atomic mass is 16.1. The Hall–Kier alpha value is -3.40. The minimum atomic E-state index is -0.192. The van der Waals surface area contributed by atoms with Gasteiger partial charge in [0.1, 0.15) is 5.82 Å². The number of hydrogen-bond acceptors (Lipinski definition) is 2. The molecule has 0 aliphatic heterocycles. The molecule has 1 atom stereocenters.